The largest absolute Gasteiger partial charge is 0.481 e. The van der Waals surface area contributed by atoms with Crippen molar-refractivity contribution in [2.75, 3.05) is 32.4 Å². The van der Waals surface area contributed by atoms with Crippen LogP contribution in [0, 0.1) is 11.8 Å². The van der Waals surface area contributed by atoms with E-state index in [0.29, 0.717) is 25.9 Å². The molecule has 0 bridgehead atoms. The molecule has 1 amide bonds. The summed E-state index contributed by atoms with van der Waals surface area (Å²) < 4.78 is 24.0. The fourth-order valence-corrected chi connectivity index (χ4v) is 3.39. The number of hydrogen-bond donors (Lipinski definition) is 1. The summed E-state index contributed by atoms with van der Waals surface area (Å²) in [7, 11) is -3.21. The first-order valence-corrected chi connectivity index (χ1v) is 8.12. The van der Waals surface area contributed by atoms with E-state index in [1.54, 1.807) is 4.90 Å². The Morgan fingerprint density at radius 3 is 1.95 bits per heavy atom. The zero-order chi connectivity index (χ0) is 14.2. The van der Waals surface area contributed by atoms with Gasteiger partial charge in [-0.2, -0.15) is 4.31 Å². The predicted molar refractivity (Wildman–Crippen MR) is 66.8 cm³/mol. The number of carbonyl (C=O) groups is 2. The normalized spacial score (nSPS) is 28.8. The molecule has 8 heteroatoms. The van der Waals surface area contributed by atoms with Crippen LogP contribution in [0.25, 0.3) is 0 Å². The molecule has 1 N–H and O–H groups in total. The van der Waals surface area contributed by atoms with Gasteiger partial charge in [-0.15, -0.1) is 0 Å². The molecule has 1 aliphatic heterocycles. The molecule has 2 aliphatic rings. The number of carboxylic acid groups (broad SMARTS) is 1. The van der Waals surface area contributed by atoms with Crippen LogP contribution in [-0.2, 0) is 19.6 Å². The number of carboxylic acids is 1. The van der Waals surface area contributed by atoms with Crippen molar-refractivity contribution >= 4 is 21.9 Å². The number of carbonyl (C=O) groups excluding carboxylic acids is 1. The van der Waals surface area contributed by atoms with Crippen LogP contribution in [0.1, 0.15) is 12.8 Å². The van der Waals surface area contributed by atoms with Gasteiger partial charge in [0.2, 0.25) is 15.9 Å². The third-order valence-electron chi connectivity index (χ3n) is 3.93. The van der Waals surface area contributed by atoms with Crippen molar-refractivity contribution in [2.45, 2.75) is 12.8 Å². The van der Waals surface area contributed by atoms with Crippen molar-refractivity contribution in [1.82, 2.24) is 9.21 Å². The molecule has 2 unspecified atom stereocenters. The summed E-state index contributed by atoms with van der Waals surface area (Å²) in [5, 5.41) is 8.94. The zero-order valence-corrected chi connectivity index (χ0v) is 11.6. The van der Waals surface area contributed by atoms with Crippen LogP contribution in [0.3, 0.4) is 0 Å². The molecule has 0 aromatic carbocycles. The Morgan fingerprint density at radius 1 is 1.05 bits per heavy atom. The molecule has 1 saturated carbocycles. The second kappa shape index (κ2) is 5.09. The number of nitrogens with zero attached hydrogens (tertiary/aromatic N) is 2. The molecule has 1 heterocycles. The maximum Gasteiger partial charge on any atom is 0.307 e. The first kappa shape index (κ1) is 14.3. The SMILES string of the molecule is CS(=O)(=O)N1CCN(C(=O)C2CCC2C(=O)O)CC1. The number of rotatable bonds is 3. The van der Waals surface area contributed by atoms with Gasteiger partial charge >= 0.3 is 5.97 Å². The summed E-state index contributed by atoms with van der Waals surface area (Å²) in [5.41, 5.74) is 0. The number of amides is 1. The molecule has 19 heavy (non-hydrogen) atoms. The highest BCUT2D eigenvalue weighted by atomic mass is 32.2. The van der Waals surface area contributed by atoms with E-state index in [4.69, 9.17) is 5.11 Å². The van der Waals surface area contributed by atoms with Crippen molar-refractivity contribution < 1.29 is 23.1 Å². The minimum absolute atomic E-state index is 0.146. The van der Waals surface area contributed by atoms with Crippen LogP contribution in [-0.4, -0.2) is 67.0 Å². The van der Waals surface area contributed by atoms with E-state index in [-0.39, 0.29) is 19.0 Å². The van der Waals surface area contributed by atoms with E-state index in [1.807, 2.05) is 0 Å². The van der Waals surface area contributed by atoms with Crippen LogP contribution >= 0.6 is 0 Å². The van der Waals surface area contributed by atoms with Crippen LogP contribution in [0.2, 0.25) is 0 Å². The summed E-state index contributed by atoms with van der Waals surface area (Å²) in [5.74, 6) is -2.06. The van der Waals surface area contributed by atoms with Crippen molar-refractivity contribution in [3.63, 3.8) is 0 Å². The Labute approximate surface area is 112 Å². The molecule has 2 atom stereocenters. The standard InChI is InChI=1S/C11H18N2O5S/c1-19(17,18)13-6-4-12(5-7-13)10(14)8-2-3-9(8)11(15)16/h8-9H,2-7H2,1H3,(H,15,16). The Hall–Kier alpha value is -1.15. The lowest BCUT2D eigenvalue weighted by Crippen LogP contribution is -2.54. The first-order chi connectivity index (χ1) is 8.80. The monoisotopic (exact) mass is 290 g/mol. The van der Waals surface area contributed by atoms with Crippen LogP contribution in [0.4, 0.5) is 0 Å². The van der Waals surface area contributed by atoms with E-state index in [1.165, 1.54) is 4.31 Å². The second-order valence-electron chi connectivity index (χ2n) is 5.12. The van der Waals surface area contributed by atoms with Gasteiger partial charge in [0.25, 0.3) is 0 Å². The van der Waals surface area contributed by atoms with E-state index < -0.39 is 27.8 Å². The van der Waals surface area contributed by atoms with Crippen LogP contribution in [0.5, 0.6) is 0 Å². The third kappa shape index (κ3) is 2.89. The molecular formula is C11H18N2O5S. The lowest BCUT2D eigenvalue weighted by molar-refractivity contribution is -0.157. The van der Waals surface area contributed by atoms with Gasteiger partial charge in [0, 0.05) is 26.2 Å². The van der Waals surface area contributed by atoms with Crippen LogP contribution < -0.4 is 0 Å². The molecule has 2 fully saturated rings. The van der Waals surface area contributed by atoms with Gasteiger partial charge in [-0.25, -0.2) is 8.42 Å². The van der Waals surface area contributed by atoms with Gasteiger partial charge in [-0.05, 0) is 12.8 Å². The molecule has 0 aromatic rings. The smallest absolute Gasteiger partial charge is 0.307 e. The summed E-state index contributed by atoms with van der Waals surface area (Å²) in [6, 6.07) is 0. The Bertz CT molecular complexity index is 481. The molecule has 0 radical (unpaired) electrons. The fraction of sp³-hybridized carbons (Fsp3) is 0.818. The molecule has 0 aromatic heterocycles. The quantitative estimate of drug-likeness (QED) is 0.734. The maximum atomic E-state index is 12.1. The number of hydrogen-bond acceptors (Lipinski definition) is 4. The Balaban J connectivity index is 1.91. The molecule has 108 valence electrons. The fourth-order valence-electron chi connectivity index (χ4n) is 2.57. The predicted octanol–water partition coefficient (Wildman–Crippen LogP) is -0.799. The van der Waals surface area contributed by atoms with Crippen molar-refractivity contribution in [2.24, 2.45) is 11.8 Å². The Kier molecular flexibility index (Phi) is 3.82. The van der Waals surface area contributed by atoms with Gasteiger partial charge in [0.15, 0.2) is 0 Å². The minimum Gasteiger partial charge on any atom is -0.481 e. The van der Waals surface area contributed by atoms with Gasteiger partial charge in [0.05, 0.1) is 18.1 Å². The maximum absolute atomic E-state index is 12.1. The van der Waals surface area contributed by atoms with E-state index in [2.05, 4.69) is 0 Å². The number of piperazine rings is 1. The number of sulfonamides is 1. The lowest BCUT2D eigenvalue weighted by Gasteiger charge is -2.39. The highest BCUT2D eigenvalue weighted by molar-refractivity contribution is 7.88. The lowest BCUT2D eigenvalue weighted by atomic mass is 9.73. The van der Waals surface area contributed by atoms with Gasteiger partial charge < -0.3 is 10.0 Å². The average Bonchev–Trinajstić information content (AvgIpc) is 2.25. The van der Waals surface area contributed by atoms with E-state index in [0.717, 1.165) is 6.26 Å². The highest BCUT2D eigenvalue weighted by Gasteiger charge is 2.43. The zero-order valence-electron chi connectivity index (χ0n) is 10.8. The number of aliphatic carboxylic acids is 1. The van der Waals surface area contributed by atoms with Crippen molar-refractivity contribution in [3.05, 3.63) is 0 Å². The van der Waals surface area contributed by atoms with Gasteiger partial charge in [-0.3, -0.25) is 9.59 Å². The average molecular weight is 290 g/mol. The molecule has 2 rings (SSSR count). The highest BCUT2D eigenvalue weighted by Crippen LogP contribution is 2.36. The first-order valence-electron chi connectivity index (χ1n) is 6.27. The molecule has 0 spiro atoms. The summed E-state index contributed by atoms with van der Waals surface area (Å²) in [4.78, 5) is 24.6. The van der Waals surface area contributed by atoms with E-state index in [9.17, 15) is 18.0 Å². The minimum atomic E-state index is -3.21. The molecule has 1 saturated heterocycles. The molecule has 7 nitrogen and oxygen atoms in total. The summed E-state index contributed by atoms with van der Waals surface area (Å²) >= 11 is 0. The third-order valence-corrected chi connectivity index (χ3v) is 5.23. The molecular weight excluding hydrogens is 272 g/mol. The molecule has 1 aliphatic carbocycles. The van der Waals surface area contributed by atoms with Crippen molar-refractivity contribution in [3.8, 4) is 0 Å². The van der Waals surface area contributed by atoms with Gasteiger partial charge in [0.1, 0.15) is 0 Å². The topological polar surface area (TPSA) is 95.0 Å². The second-order valence-corrected chi connectivity index (χ2v) is 7.10. The van der Waals surface area contributed by atoms with E-state index >= 15 is 0 Å². The summed E-state index contributed by atoms with van der Waals surface area (Å²) in [6.45, 7) is 1.26. The van der Waals surface area contributed by atoms with Crippen LogP contribution in [0.15, 0.2) is 0 Å². The van der Waals surface area contributed by atoms with Gasteiger partial charge in [-0.1, -0.05) is 0 Å². The van der Waals surface area contributed by atoms with Crippen molar-refractivity contribution in [1.29, 1.82) is 0 Å². The summed E-state index contributed by atoms with van der Waals surface area (Å²) in [6.07, 6.45) is 2.31. The Morgan fingerprint density at radius 2 is 1.58 bits per heavy atom.